The van der Waals surface area contributed by atoms with E-state index in [1.807, 2.05) is 48.5 Å². The summed E-state index contributed by atoms with van der Waals surface area (Å²) in [6.07, 6.45) is 6.57. The second-order valence-electron chi connectivity index (χ2n) is 9.44. The number of nitrogens with one attached hydrogen (secondary N) is 1. The van der Waals surface area contributed by atoms with Gasteiger partial charge in [-0.1, -0.05) is 30.3 Å². The number of pyridine rings is 1. The first kappa shape index (κ1) is 23.9. The van der Waals surface area contributed by atoms with Crippen LogP contribution in [0.1, 0.15) is 37.7 Å². The average molecular weight is 482 g/mol. The number of hydrogen-bond acceptors (Lipinski definition) is 5. The molecule has 1 amide bonds. The van der Waals surface area contributed by atoms with E-state index in [1.165, 1.54) is 12.5 Å². The van der Waals surface area contributed by atoms with Crippen LogP contribution in [0, 0.1) is 0 Å². The van der Waals surface area contributed by atoms with E-state index < -0.39 is 0 Å². The van der Waals surface area contributed by atoms with E-state index in [4.69, 9.17) is 5.10 Å². The third-order valence-electron chi connectivity index (χ3n) is 6.91. The highest BCUT2D eigenvalue weighted by molar-refractivity contribution is 5.93. The van der Waals surface area contributed by atoms with Crippen molar-refractivity contribution in [3.63, 3.8) is 0 Å². The number of amides is 1. The molecule has 7 heteroatoms. The zero-order valence-electron chi connectivity index (χ0n) is 20.6. The molecule has 1 aliphatic heterocycles. The van der Waals surface area contributed by atoms with E-state index >= 15 is 0 Å². The van der Waals surface area contributed by atoms with Crippen molar-refractivity contribution in [3.05, 3.63) is 89.0 Å². The molecule has 1 fully saturated rings. The number of piperidine rings is 1. The summed E-state index contributed by atoms with van der Waals surface area (Å²) >= 11 is 0. The second-order valence-corrected chi connectivity index (χ2v) is 9.44. The first-order valence-electron chi connectivity index (χ1n) is 12.6. The summed E-state index contributed by atoms with van der Waals surface area (Å²) in [5, 5.41) is 9.18. The van der Waals surface area contributed by atoms with Gasteiger partial charge in [0.2, 0.25) is 5.91 Å². The Kier molecular flexibility index (Phi) is 7.18. The number of benzene rings is 2. The van der Waals surface area contributed by atoms with Crippen LogP contribution >= 0.6 is 0 Å². The van der Waals surface area contributed by atoms with Crippen LogP contribution in [0.25, 0.3) is 22.0 Å². The summed E-state index contributed by atoms with van der Waals surface area (Å²) < 4.78 is 1.62. The van der Waals surface area contributed by atoms with Gasteiger partial charge in [-0.2, -0.15) is 5.10 Å². The number of carbonyl (C=O) groups is 1. The standard InChI is InChI=1S/C29H31N5O2/c1-21(35)31-25-9-4-7-23(19-25)22-12-17-33(18-13-22)15-6-16-34-29(36)27-11-3-2-10-26(27)28(32-34)24-8-5-14-30-20-24/h2-5,7-11,14,19-20,22H,6,12-13,15-18H2,1H3,(H,31,35). The highest BCUT2D eigenvalue weighted by Gasteiger charge is 2.21. The molecule has 184 valence electrons. The fourth-order valence-electron chi connectivity index (χ4n) is 5.11. The largest absolute Gasteiger partial charge is 0.326 e. The Bertz CT molecular complexity index is 1410. The van der Waals surface area contributed by atoms with Crippen LogP contribution in [-0.2, 0) is 11.3 Å². The normalized spacial score (nSPS) is 14.7. The van der Waals surface area contributed by atoms with Crippen molar-refractivity contribution in [1.82, 2.24) is 19.7 Å². The zero-order valence-corrected chi connectivity index (χ0v) is 20.6. The first-order valence-corrected chi connectivity index (χ1v) is 12.6. The summed E-state index contributed by atoms with van der Waals surface area (Å²) in [5.41, 5.74) is 3.81. The maximum Gasteiger partial charge on any atom is 0.274 e. The number of aryl methyl sites for hydroxylation is 1. The maximum atomic E-state index is 13.1. The van der Waals surface area contributed by atoms with E-state index in [0.717, 1.165) is 61.2 Å². The molecule has 2 aromatic heterocycles. The van der Waals surface area contributed by atoms with Crippen LogP contribution in [-0.4, -0.2) is 45.2 Å². The van der Waals surface area contributed by atoms with Crippen LogP contribution in [0.15, 0.2) is 77.9 Å². The molecule has 0 radical (unpaired) electrons. The van der Waals surface area contributed by atoms with Gasteiger partial charge in [0.05, 0.1) is 5.39 Å². The highest BCUT2D eigenvalue weighted by Crippen LogP contribution is 2.30. The minimum atomic E-state index is -0.0467. The summed E-state index contributed by atoms with van der Waals surface area (Å²) in [6, 6.07) is 19.7. The molecule has 0 saturated carbocycles. The second kappa shape index (κ2) is 10.8. The fourth-order valence-corrected chi connectivity index (χ4v) is 5.11. The molecule has 0 atom stereocenters. The summed E-state index contributed by atoms with van der Waals surface area (Å²) in [5.74, 6) is 0.455. The lowest BCUT2D eigenvalue weighted by Gasteiger charge is -2.32. The van der Waals surface area contributed by atoms with Gasteiger partial charge in [-0.25, -0.2) is 4.68 Å². The van der Waals surface area contributed by atoms with E-state index in [-0.39, 0.29) is 11.5 Å². The van der Waals surface area contributed by atoms with Gasteiger partial charge in [-0.05, 0) is 80.7 Å². The Hall–Kier alpha value is -3.84. The average Bonchev–Trinajstić information content (AvgIpc) is 2.91. The lowest BCUT2D eigenvalue weighted by molar-refractivity contribution is -0.114. The van der Waals surface area contributed by atoms with Crippen LogP contribution in [0.4, 0.5) is 5.69 Å². The third kappa shape index (κ3) is 5.36. The molecule has 0 unspecified atom stereocenters. The van der Waals surface area contributed by atoms with Crippen molar-refractivity contribution >= 4 is 22.4 Å². The molecule has 7 nitrogen and oxygen atoms in total. The van der Waals surface area contributed by atoms with Gasteiger partial charge in [-0.3, -0.25) is 14.6 Å². The molecule has 5 rings (SSSR count). The molecular weight excluding hydrogens is 450 g/mol. The van der Waals surface area contributed by atoms with Crippen molar-refractivity contribution in [2.24, 2.45) is 0 Å². The van der Waals surface area contributed by atoms with Crippen LogP contribution in [0.2, 0.25) is 0 Å². The number of carbonyl (C=O) groups excluding carboxylic acids is 1. The number of likely N-dealkylation sites (tertiary alicyclic amines) is 1. The monoisotopic (exact) mass is 481 g/mol. The molecule has 36 heavy (non-hydrogen) atoms. The van der Waals surface area contributed by atoms with Crippen molar-refractivity contribution in [3.8, 4) is 11.3 Å². The molecule has 3 heterocycles. The molecule has 1 saturated heterocycles. The molecular formula is C29H31N5O2. The Morgan fingerprint density at radius 2 is 1.81 bits per heavy atom. The van der Waals surface area contributed by atoms with Gasteiger partial charge in [0, 0.05) is 42.5 Å². The van der Waals surface area contributed by atoms with Crippen molar-refractivity contribution in [2.45, 2.75) is 38.6 Å². The number of hydrogen-bond donors (Lipinski definition) is 1. The van der Waals surface area contributed by atoms with Crippen LogP contribution in [0.5, 0.6) is 0 Å². The molecule has 1 aliphatic rings. The van der Waals surface area contributed by atoms with E-state index in [1.54, 1.807) is 17.1 Å². The minimum Gasteiger partial charge on any atom is -0.326 e. The van der Waals surface area contributed by atoms with Gasteiger partial charge in [0.1, 0.15) is 5.69 Å². The Morgan fingerprint density at radius 3 is 2.56 bits per heavy atom. The van der Waals surface area contributed by atoms with E-state index in [0.29, 0.717) is 17.8 Å². The van der Waals surface area contributed by atoms with E-state index in [2.05, 4.69) is 27.3 Å². The minimum absolute atomic E-state index is 0.0454. The van der Waals surface area contributed by atoms with Gasteiger partial charge >= 0.3 is 0 Å². The van der Waals surface area contributed by atoms with Gasteiger partial charge in [-0.15, -0.1) is 0 Å². The van der Waals surface area contributed by atoms with Crippen LogP contribution < -0.4 is 10.9 Å². The predicted molar refractivity (Wildman–Crippen MR) is 143 cm³/mol. The number of nitrogens with zero attached hydrogens (tertiary/aromatic N) is 4. The fraction of sp³-hybridized carbons (Fsp3) is 0.310. The molecule has 2 aromatic carbocycles. The maximum absolute atomic E-state index is 13.1. The quantitative estimate of drug-likeness (QED) is 0.414. The summed E-state index contributed by atoms with van der Waals surface area (Å²) in [7, 11) is 0. The number of anilines is 1. The summed E-state index contributed by atoms with van der Waals surface area (Å²) in [6.45, 7) is 5.09. The number of aromatic nitrogens is 3. The van der Waals surface area contributed by atoms with Crippen molar-refractivity contribution < 1.29 is 4.79 Å². The Morgan fingerprint density at radius 1 is 1.00 bits per heavy atom. The topological polar surface area (TPSA) is 80.1 Å². The van der Waals surface area contributed by atoms with E-state index in [9.17, 15) is 9.59 Å². The number of fused-ring (bicyclic) bond motifs is 1. The van der Waals surface area contributed by atoms with Crippen molar-refractivity contribution in [1.29, 1.82) is 0 Å². The van der Waals surface area contributed by atoms with Gasteiger partial charge < -0.3 is 10.2 Å². The van der Waals surface area contributed by atoms with Crippen molar-refractivity contribution in [2.75, 3.05) is 25.0 Å². The Balaban J connectivity index is 1.22. The zero-order chi connectivity index (χ0) is 24.9. The molecule has 4 aromatic rings. The molecule has 0 spiro atoms. The molecule has 0 aliphatic carbocycles. The number of rotatable bonds is 7. The SMILES string of the molecule is CC(=O)Nc1cccc(C2CCN(CCCn3nc(-c4cccnc4)c4ccccc4c3=O)CC2)c1. The first-order chi connectivity index (χ1) is 17.6. The van der Waals surface area contributed by atoms with Gasteiger partial charge in [0.15, 0.2) is 0 Å². The predicted octanol–water partition coefficient (Wildman–Crippen LogP) is 4.69. The lowest BCUT2D eigenvalue weighted by Crippen LogP contribution is -2.34. The Labute approximate surface area is 210 Å². The molecule has 0 bridgehead atoms. The van der Waals surface area contributed by atoms with Gasteiger partial charge in [0.25, 0.3) is 5.56 Å². The van der Waals surface area contributed by atoms with Crippen LogP contribution in [0.3, 0.4) is 0 Å². The highest BCUT2D eigenvalue weighted by atomic mass is 16.1. The smallest absolute Gasteiger partial charge is 0.274 e. The molecule has 1 N–H and O–H groups in total. The third-order valence-corrected chi connectivity index (χ3v) is 6.91. The lowest BCUT2D eigenvalue weighted by atomic mass is 9.89. The summed E-state index contributed by atoms with van der Waals surface area (Å²) in [4.78, 5) is 31.2.